The summed E-state index contributed by atoms with van der Waals surface area (Å²) in [6, 6.07) is 0. The standard InChI is InChI=1S/C67H112O5/c1-3-5-7-9-11-13-15-17-19-21-23-25-27-29-31-32-33-34-36-38-40-42-44-46-48-50-52-54-56-58-60-62-67(70)72-65(63-68)64-71-66(69)61-59-57-55-53-51-49-47-45-43-41-39-37-35-30-28-26-24-22-20-18-16-14-12-10-8-6-4-2/h5,7,11,13,16-19,22-25,28-31,33-34,38,40,65,68H,3-4,6,8-10,12,14-15,20-21,26-27,32,35-37,39,41-64H2,1-2H3/b7-5-,13-11-,18-16-,19-17-,24-22-,25-23-,30-28-,31-29-,34-33-,40-38-. The summed E-state index contributed by atoms with van der Waals surface area (Å²) in [7, 11) is 0. The number of ether oxygens (including phenoxy) is 2. The van der Waals surface area contributed by atoms with Crippen LogP contribution in [0.2, 0.25) is 0 Å². The predicted molar refractivity (Wildman–Crippen MR) is 315 cm³/mol. The number of aliphatic hydroxyl groups excluding tert-OH is 1. The first-order valence-electron chi connectivity index (χ1n) is 30.1. The van der Waals surface area contributed by atoms with Crippen LogP contribution in [0.15, 0.2) is 122 Å². The van der Waals surface area contributed by atoms with Crippen LogP contribution in [-0.2, 0) is 19.1 Å². The second-order valence-corrected chi connectivity index (χ2v) is 19.7. The molecule has 0 fully saturated rings. The summed E-state index contributed by atoms with van der Waals surface area (Å²) in [4.78, 5) is 24.6. The molecule has 0 saturated heterocycles. The number of esters is 2. The SMILES string of the molecule is CC/C=C\C/C=C\C/C=C\C/C=C\C/C=C\C/C=C\C/C=C\CCCCCCCCCCCC(=O)OC(CO)COC(=O)CCCCCCCCCCCCCC/C=C\C/C=C\C/C=C\CCCCCCC. The molecule has 0 rings (SSSR count). The van der Waals surface area contributed by atoms with Crippen LogP contribution in [0, 0.1) is 0 Å². The van der Waals surface area contributed by atoms with Gasteiger partial charge in [-0.25, -0.2) is 0 Å². The van der Waals surface area contributed by atoms with Gasteiger partial charge in [0.2, 0.25) is 0 Å². The summed E-state index contributed by atoms with van der Waals surface area (Å²) < 4.78 is 10.7. The number of allylic oxidation sites excluding steroid dienone is 20. The monoisotopic (exact) mass is 997 g/mol. The van der Waals surface area contributed by atoms with Crippen molar-refractivity contribution in [2.24, 2.45) is 0 Å². The summed E-state index contributed by atoms with van der Waals surface area (Å²) in [5.41, 5.74) is 0. The Morgan fingerprint density at radius 2 is 0.597 bits per heavy atom. The number of aliphatic hydroxyl groups is 1. The third kappa shape index (κ3) is 58.9. The van der Waals surface area contributed by atoms with E-state index >= 15 is 0 Å². The molecule has 0 amide bonds. The largest absolute Gasteiger partial charge is 0.462 e. The van der Waals surface area contributed by atoms with Gasteiger partial charge in [0.05, 0.1) is 6.61 Å². The van der Waals surface area contributed by atoms with E-state index in [1.807, 2.05) is 0 Å². The lowest BCUT2D eigenvalue weighted by Crippen LogP contribution is -2.28. The molecule has 5 heteroatoms. The fraction of sp³-hybridized carbons (Fsp3) is 0.672. The molecular weight excluding hydrogens is 885 g/mol. The van der Waals surface area contributed by atoms with Crippen molar-refractivity contribution in [1.82, 2.24) is 0 Å². The molecule has 0 aromatic rings. The average molecular weight is 998 g/mol. The van der Waals surface area contributed by atoms with Crippen molar-refractivity contribution < 1.29 is 24.2 Å². The van der Waals surface area contributed by atoms with Crippen LogP contribution < -0.4 is 0 Å². The smallest absolute Gasteiger partial charge is 0.306 e. The zero-order valence-corrected chi connectivity index (χ0v) is 46.9. The van der Waals surface area contributed by atoms with Crippen molar-refractivity contribution in [2.75, 3.05) is 13.2 Å². The van der Waals surface area contributed by atoms with E-state index in [2.05, 4.69) is 135 Å². The molecule has 0 heterocycles. The highest BCUT2D eigenvalue weighted by Crippen LogP contribution is 2.15. The number of hydrogen-bond acceptors (Lipinski definition) is 5. The molecule has 0 aliphatic rings. The zero-order chi connectivity index (χ0) is 52.0. The number of hydrogen-bond donors (Lipinski definition) is 1. The molecule has 72 heavy (non-hydrogen) atoms. The van der Waals surface area contributed by atoms with Crippen LogP contribution in [0.3, 0.4) is 0 Å². The highest BCUT2D eigenvalue weighted by Gasteiger charge is 2.16. The summed E-state index contributed by atoms with van der Waals surface area (Å²) >= 11 is 0. The first kappa shape index (κ1) is 68.3. The maximum Gasteiger partial charge on any atom is 0.306 e. The number of rotatable bonds is 54. The molecule has 0 aromatic heterocycles. The topological polar surface area (TPSA) is 72.8 Å². The van der Waals surface area contributed by atoms with Gasteiger partial charge in [-0.3, -0.25) is 9.59 Å². The molecule has 1 atom stereocenters. The summed E-state index contributed by atoms with van der Waals surface area (Å²) in [6.07, 6.45) is 90.3. The molecular formula is C67H112O5. The normalized spacial score (nSPS) is 13.1. The van der Waals surface area contributed by atoms with Crippen LogP contribution in [-0.4, -0.2) is 36.4 Å². The Balaban J connectivity index is 3.55. The van der Waals surface area contributed by atoms with Crippen molar-refractivity contribution in [1.29, 1.82) is 0 Å². The van der Waals surface area contributed by atoms with Gasteiger partial charge >= 0.3 is 11.9 Å². The van der Waals surface area contributed by atoms with E-state index in [1.165, 1.54) is 141 Å². The minimum atomic E-state index is -0.786. The van der Waals surface area contributed by atoms with Gasteiger partial charge in [0.25, 0.3) is 0 Å². The van der Waals surface area contributed by atoms with Crippen LogP contribution >= 0.6 is 0 Å². The first-order chi connectivity index (χ1) is 35.6. The van der Waals surface area contributed by atoms with Crippen molar-refractivity contribution in [2.45, 2.75) is 277 Å². The molecule has 0 aliphatic carbocycles. The fourth-order valence-corrected chi connectivity index (χ4v) is 8.25. The van der Waals surface area contributed by atoms with Crippen LogP contribution in [0.5, 0.6) is 0 Å². The summed E-state index contributed by atoms with van der Waals surface area (Å²) in [5.74, 6) is -0.601. The molecule has 0 aromatic carbocycles. The maximum absolute atomic E-state index is 12.3. The van der Waals surface area contributed by atoms with E-state index in [-0.39, 0.29) is 25.2 Å². The maximum atomic E-state index is 12.3. The minimum absolute atomic E-state index is 0.0750. The van der Waals surface area contributed by atoms with Gasteiger partial charge < -0.3 is 14.6 Å². The van der Waals surface area contributed by atoms with Crippen molar-refractivity contribution in [3.05, 3.63) is 122 Å². The van der Waals surface area contributed by atoms with E-state index in [1.54, 1.807) is 0 Å². The van der Waals surface area contributed by atoms with E-state index in [9.17, 15) is 14.7 Å². The Morgan fingerprint density at radius 1 is 0.333 bits per heavy atom. The lowest BCUT2D eigenvalue weighted by molar-refractivity contribution is -0.161. The van der Waals surface area contributed by atoms with Crippen LogP contribution in [0.4, 0.5) is 0 Å². The first-order valence-corrected chi connectivity index (χ1v) is 30.1. The third-order valence-corrected chi connectivity index (χ3v) is 12.7. The van der Waals surface area contributed by atoms with Gasteiger partial charge in [-0.2, -0.15) is 0 Å². The summed E-state index contributed by atoms with van der Waals surface area (Å²) in [6.45, 7) is 4.02. The molecule has 1 unspecified atom stereocenters. The van der Waals surface area contributed by atoms with Crippen molar-refractivity contribution >= 4 is 11.9 Å². The number of carbonyl (C=O) groups excluding carboxylic acids is 2. The van der Waals surface area contributed by atoms with Gasteiger partial charge in [0.15, 0.2) is 6.10 Å². The number of unbranched alkanes of at least 4 members (excludes halogenated alkanes) is 26. The lowest BCUT2D eigenvalue weighted by Gasteiger charge is -2.15. The van der Waals surface area contributed by atoms with E-state index in [4.69, 9.17) is 9.47 Å². The van der Waals surface area contributed by atoms with Crippen LogP contribution in [0.1, 0.15) is 271 Å². The molecule has 0 saturated carbocycles. The Morgan fingerprint density at radius 3 is 0.903 bits per heavy atom. The van der Waals surface area contributed by atoms with Crippen molar-refractivity contribution in [3.63, 3.8) is 0 Å². The molecule has 410 valence electrons. The molecule has 0 bridgehead atoms. The molecule has 1 N–H and O–H groups in total. The average Bonchev–Trinajstić information content (AvgIpc) is 3.38. The highest BCUT2D eigenvalue weighted by molar-refractivity contribution is 5.70. The molecule has 0 aliphatic heterocycles. The van der Waals surface area contributed by atoms with Gasteiger partial charge in [-0.05, 0) is 109 Å². The molecule has 0 spiro atoms. The minimum Gasteiger partial charge on any atom is -0.462 e. The quantitative estimate of drug-likeness (QED) is 0.0373. The highest BCUT2D eigenvalue weighted by atomic mass is 16.6. The number of carbonyl (C=O) groups is 2. The Kier molecular flexibility index (Phi) is 58.4. The van der Waals surface area contributed by atoms with Gasteiger partial charge in [-0.15, -0.1) is 0 Å². The Labute approximate surface area is 445 Å². The lowest BCUT2D eigenvalue weighted by atomic mass is 10.0. The van der Waals surface area contributed by atoms with Gasteiger partial charge in [-0.1, -0.05) is 270 Å². The Bertz CT molecular complexity index is 1450. The predicted octanol–water partition coefficient (Wildman–Crippen LogP) is 20.6. The van der Waals surface area contributed by atoms with E-state index in [0.29, 0.717) is 12.8 Å². The zero-order valence-electron chi connectivity index (χ0n) is 46.9. The molecule has 0 radical (unpaired) electrons. The van der Waals surface area contributed by atoms with Crippen LogP contribution in [0.25, 0.3) is 0 Å². The van der Waals surface area contributed by atoms with E-state index < -0.39 is 6.10 Å². The second-order valence-electron chi connectivity index (χ2n) is 19.7. The third-order valence-electron chi connectivity index (χ3n) is 12.7. The fourth-order valence-electron chi connectivity index (χ4n) is 8.25. The van der Waals surface area contributed by atoms with Crippen molar-refractivity contribution in [3.8, 4) is 0 Å². The van der Waals surface area contributed by atoms with Gasteiger partial charge in [0, 0.05) is 12.8 Å². The second kappa shape index (κ2) is 61.6. The Hall–Kier alpha value is -3.70. The van der Waals surface area contributed by atoms with E-state index in [0.717, 1.165) is 103 Å². The molecule has 5 nitrogen and oxygen atoms in total. The summed E-state index contributed by atoms with van der Waals surface area (Å²) in [5, 5.41) is 9.67. The van der Waals surface area contributed by atoms with Gasteiger partial charge in [0.1, 0.15) is 6.61 Å².